The molecule has 0 saturated heterocycles. The molecule has 98 valence electrons. The number of rotatable bonds is 4. The van der Waals surface area contributed by atoms with Crippen LogP contribution in [0.1, 0.15) is 24.6 Å². The highest BCUT2D eigenvalue weighted by molar-refractivity contribution is 9.10. The number of hydrogen-bond acceptors (Lipinski definition) is 3. The fraction of sp³-hybridized carbons (Fsp3) is 0.500. The van der Waals surface area contributed by atoms with Crippen molar-refractivity contribution in [3.8, 4) is 0 Å². The summed E-state index contributed by atoms with van der Waals surface area (Å²) in [5, 5.41) is 4.93. The van der Waals surface area contributed by atoms with Crippen molar-refractivity contribution >= 4 is 50.4 Å². The van der Waals surface area contributed by atoms with Crippen molar-refractivity contribution in [3.05, 3.63) is 20.8 Å². The van der Waals surface area contributed by atoms with Gasteiger partial charge in [0.15, 0.2) is 0 Å². The Balaban J connectivity index is 1.99. The van der Waals surface area contributed by atoms with E-state index in [1.165, 1.54) is 0 Å². The van der Waals surface area contributed by atoms with Crippen LogP contribution in [0.4, 0.5) is 0 Å². The van der Waals surface area contributed by atoms with Gasteiger partial charge in [0, 0.05) is 9.35 Å². The lowest BCUT2D eigenvalue weighted by atomic mass is 9.62. The van der Waals surface area contributed by atoms with Gasteiger partial charge < -0.3 is 11.1 Å². The van der Waals surface area contributed by atoms with Crippen LogP contribution in [0.2, 0.25) is 0 Å². The number of hydrogen-bond donors (Lipinski definition) is 2. The molecule has 1 saturated carbocycles. The van der Waals surface area contributed by atoms with Gasteiger partial charge in [-0.2, -0.15) is 0 Å². The van der Waals surface area contributed by atoms with Gasteiger partial charge in [-0.25, -0.2) is 0 Å². The third-order valence-corrected chi connectivity index (χ3v) is 5.72. The van der Waals surface area contributed by atoms with Crippen molar-refractivity contribution in [2.24, 2.45) is 17.1 Å². The van der Waals surface area contributed by atoms with Crippen molar-refractivity contribution in [2.45, 2.75) is 26.3 Å². The van der Waals surface area contributed by atoms with Crippen LogP contribution < -0.4 is 11.1 Å². The second-order valence-electron chi connectivity index (χ2n) is 4.83. The summed E-state index contributed by atoms with van der Waals surface area (Å²) in [5.41, 5.74) is 5.13. The van der Waals surface area contributed by atoms with Gasteiger partial charge >= 0.3 is 0 Å². The molecule has 0 bridgehead atoms. The smallest absolute Gasteiger partial charge is 0.233 e. The SMILES string of the molecule is CC1CC(C(=O)NCc2sccc2Br)(C(N)=S)C1. The van der Waals surface area contributed by atoms with Gasteiger partial charge in [0.1, 0.15) is 0 Å². The molecule has 1 aliphatic carbocycles. The molecule has 1 amide bonds. The molecule has 1 aromatic heterocycles. The molecule has 0 aliphatic heterocycles. The maximum absolute atomic E-state index is 12.3. The zero-order valence-corrected chi connectivity index (χ0v) is 13.3. The quantitative estimate of drug-likeness (QED) is 0.824. The average molecular weight is 347 g/mol. The first-order chi connectivity index (χ1) is 8.45. The van der Waals surface area contributed by atoms with Crippen molar-refractivity contribution in [3.63, 3.8) is 0 Å². The molecule has 0 spiro atoms. The lowest BCUT2D eigenvalue weighted by Gasteiger charge is -2.44. The van der Waals surface area contributed by atoms with Crippen LogP contribution in [0, 0.1) is 11.3 Å². The summed E-state index contributed by atoms with van der Waals surface area (Å²) in [6, 6.07) is 1.97. The van der Waals surface area contributed by atoms with Gasteiger partial charge in [-0.3, -0.25) is 4.79 Å². The van der Waals surface area contributed by atoms with Gasteiger partial charge in [0.05, 0.1) is 16.9 Å². The van der Waals surface area contributed by atoms with E-state index in [9.17, 15) is 4.79 Å². The number of nitrogens with two attached hydrogens (primary N) is 1. The Morgan fingerprint density at radius 1 is 1.72 bits per heavy atom. The van der Waals surface area contributed by atoms with E-state index in [1.54, 1.807) is 11.3 Å². The topological polar surface area (TPSA) is 55.1 Å². The standard InChI is InChI=1S/C12H15BrN2OS2/c1-7-4-12(5-7,10(14)17)11(16)15-6-9-8(13)2-3-18-9/h2-3,7H,4-6H2,1H3,(H2,14,17)(H,15,16). The number of thiocarbonyl (C=S) groups is 1. The van der Waals surface area contributed by atoms with Crippen LogP contribution in [0.5, 0.6) is 0 Å². The van der Waals surface area contributed by atoms with E-state index in [0.29, 0.717) is 17.5 Å². The molecule has 3 nitrogen and oxygen atoms in total. The van der Waals surface area contributed by atoms with Crippen LogP contribution >= 0.6 is 39.5 Å². The molecule has 1 aromatic rings. The number of nitrogens with one attached hydrogen (secondary N) is 1. The minimum atomic E-state index is -0.613. The summed E-state index contributed by atoms with van der Waals surface area (Å²) in [6.45, 7) is 2.63. The maximum Gasteiger partial charge on any atom is 0.233 e. The Kier molecular flexibility index (Phi) is 4.08. The van der Waals surface area contributed by atoms with Crippen molar-refractivity contribution in [1.82, 2.24) is 5.32 Å². The van der Waals surface area contributed by atoms with Crippen LogP contribution in [0.15, 0.2) is 15.9 Å². The van der Waals surface area contributed by atoms with Gasteiger partial charge in [-0.1, -0.05) is 19.1 Å². The zero-order valence-electron chi connectivity index (χ0n) is 10.0. The Hall–Kier alpha value is -0.460. The van der Waals surface area contributed by atoms with E-state index >= 15 is 0 Å². The second kappa shape index (κ2) is 5.27. The van der Waals surface area contributed by atoms with Crippen LogP contribution in [-0.4, -0.2) is 10.9 Å². The summed E-state index contributed by atoms with van der Waals surface area (Å²) in [7, 11) is 0. The van der Waals surface area contributed by atoms with Gasteiger partial charge in [-0.05, 0) is 46.1 Å². The molecule has 0 aromatic carbocycles. The van der Waals surface area contributed by atoms with Gasteiger partial charge in [0.2, 0.25) is 5.91 Å². The lowest BCUT2D eigenvalue weighted by molar-refractivity contribution is -0.133. The maximum atomic E-state index is 12.3. The highest BCUT2D eigenvalue weighted by Gasteiger charge is 2.50. The van der Waals surface area contributed by atoms with E-state index in [4.69, 9.17) is 18.0 Å². The molecule has 3 N–H and O–H groups in total. The second-order valence-corrected chi connectivity index (χ2v) is 7.13. The Morgan fingerprint density at radius 2 is 2.39 bits per heavy atom. The number of carbonyl (C=O) groups excluding carboxylic acids is 1. The Bertz CT molecular complexity index is 480. The molecular weight excluding hydrogens is 332 g/mol. The molecule has 0 atom stereocenters. The molecule has 1 fully saturated rings. The third-order valence-electron chi connectivity index (χ3n) is 3.40. The first kappa shape index (κ1) is 14.0. The van der Waals surface area contributed by atoms with E-state index in [2.05, 4.69) is 28.2 Å². The third kappa shape index (κ3) is 2.46. The van der Waals surface area contributed by atoms with Crippen LogP contribution in [0.3, 0.4) is 0 Å². The lowest BCUT2D eigenvalue weighted by Crippen LogP contribution is -2.55. The number of carbonyl (C=O) groups is 1. The molecule has 0 radical (unpaired) electrons. The van der Waals surface area contributed by atoms with E-state index in [-0.39, 0.29) is 5.91 Å². The predicted octanol–water partition coefficient (Wildman–Crippen LogP) is 2.83. The number of halogens is 1. The van der Waals surface area contributed by atoms with E-state index < -0.39 is 5.41 Å². The van der Waals surface area contributed by atoms with E-state index in [1.807, 2.05) is 11.4 Å². The predicted molar refractivity (Wildman–Crippen MR) is 81.5 cm³/mol. The summed E-state index contributed by atoms with van der Waals surface area (Å²) in [6.07, 6.45) is 1.53. The minimum absolute atomic E-state index is 0.0339. The van der Waals surface area contributed by atoms with Crippen molar-refractivity contribution in [2.75, 3.05) is 0 Å². The largest absolute Gasteiger partial charge is 0.392 e. The first-order valence-corrected chi connectivity index (χ1v) is 7.84. The molecular formula is C12H15BrN2OS2. The molecule has 6 heteroatoms. The summed E-state index contributed by atoms with van der Waals surface area (Å²) < 4.78 is 1.03. The summed E-state index contributed by atoms with van der Waals surface area (Å²) in [4.78, 5) is 13.7. The number of thiophene rings is 1. The zero-order chi connectivity index (χ0) is 13.3. The van der Waals surface area contributed by atoms with Gasteiger partial charge in [0.25, 0.3) is 0 Å². The minimum Gasteiger partial charge on any atom is -0.392 e. The average Bonchev–Trinajstić information content (AvgIpc) is 2.66. The molecule has 1 aliphatic rings. The molecule has 0 unspecified atom stereocenters. The summed E-state index contributed by atoms with van der Waals surface area (Å²) >= 11 is 10.1. The monoisotopic (exact) mass is 346 g/mol. The fourth-order valence-electron chi connectivity index (χ4n) is 2.41. The number of amides is 1. The van der Waals surface area contributed by atoms with Gasteiger partial charge in [-0.15, -0.1) is 11.3 Å². The molecule has 2 rings (SSSR count). The Labute approximate surface area is 124 Å². The summed E-state index contributed by atoms with van der Waals surface area (Å²) in [5.74, 6) is 0.485. The van der Waals surface area contributed by atoms with Crippen molar-refractivity contribution < 1.29 is 4.79 Å². The normalized spacial score (nSPS) is 26.4. The van der Waals surface area contributed by atoms with Crippen LogP contribution in [-0.2, 0) is 11.3 Å². The fourth-order valence-corrected chi connectivity index (χ4v) is 4.10. The molecule has 18 heavy (non-hydrogen) atoms. The van der Waals surface area contributed by atoms with E-state index in [0.717, 1.165) is 22.2 Å². The first-order valence-electron chi connectivity index (χ1n) is 5.76. The molecule has 1 heterocycles. The highest BCUT2D eigenvalue weighted by Crippen LogP contribution is 2.46. The highest BCUT2D eigenvalue weighted by atomic mass is 79.9. The van der Waals surface area contributed by atoms with Crippen LogP contribution in [0.25, 0.3) is 0 Å². The van der Waals surface area contributed by atoms with Crippen molar-refractivity contribution in [1.29, 1.82) is 0 Å². The Morgan fingerprint density at radius 3 is 2.83 bits per heavy atom.